The van der Waals surface area contributed by atoms with Gasteiger partial charge in [-0.1, -0.05) is 18.2 Å². The maximum Gasteiger partial charge on any atom is 0.318 e. The standard InChI is InChI=1S/C30H38N4O8S/c1-3-31-30(38)34-17-20-15-24(34)29(37)32-16-27-25(35)11-7-21(42-27)12-13-41-26-14-19(6-10-23(26)28(36)33-20)18-4-8-22(9-5-18)43(2,39)40/h4-6,8-10,14,20-21,24-25,27,35H,3,7,11-13,15-17H2,1-2H3,(H,31,38)(H,32,37)(H,33,36)/t20-,21-,24-,25-,27+/m0/s1. The normalized spacial score (nSPS) is 26.5. The number of hydrogen-bond donors (Lipinski definition) is 4. The van der Waals surface area contributed by atoms with Gasteiger partial charge in [0.25, 0.3) is 5.91 Å². The van der Waals surface area contributed by atoms with Gasteiger partial charge < -0.3 is 35.4 Å². The zero-order valence-electron chi connectivity index (χ0n) is 24.2. The number of nitrogens with one attached hydrogen (secondary N) is 3. The van der Waals surface area contributed by atoms with E-state index >= 15 is 0 Å². The number of likely N-dealkylation sites (tertiary alicyclic amines) is 1. The molecule has 5 rings (SSSR count). The van der Waals surface area contributed by atoms with Crippen molar-refractivity contribution in [3.8, 4) is 16.9 Å². The van der Waals surface area contributed by atoms with Crippen molar-refractivity contribution in [1.82, 2.24) is 20.9 Å². The average molecular weight is 615 g/mol. The first-order valence-corrected chi connectivity index (χ1v) is 16.5. The number of carbonyl (C=O) groups is 3. The van der Waals surface area contributed by atoms with Gasteiger partial charge in [0, 0.05) is 38.4 Å². The van der Waals surface area contributed by atoms with E-state index in [9.17, 15) is 27.9 Å². The van der Waals surface area contributed by atoms with Gasteiger partial charge in [-0.2, -0.15) is 0 Å². The molecule has 3 aliphatic rings. The number of urea groups is 1. The third-order valence-corrected chi connectivity index (χ3v) is 9.25. The zero-order valence-corrected chi connectivity index (χ0v) is 25.1. The molecule has 0 saturated carbocycles. The smallest absolute Gasteiger partial charge is 0.318 e. The quantitative estimate of drug-likeness (QED) is 0.404. The molecule has 12 nitrogen and oxygen atoms in total. The fraction of sp³-hybridized carbons (Fsp3) is 0.500. The Kier molecular flexibility index (Phi) is 9.23. The molecule has 0 unspecified atom stereocenters. The number of aliphatic hydroxyl groups excluding tert-OH is 1. The molecule has 2 saturated heterocycles. The van der Waals surface area contributed by atoms with Crippen molar-refractivity contribution < 1.29 is 37.4 Å². The Labute approximate surface area is 251 Å². The highest BCUT2D eigenvalue weighted by molar-refractivity contribution is 7.90. The van der Waals surface area contributed by atoms with Crippen molar-refractivity contribution in [2.45, 2.75) is 67.9 Å². The molecule has 0 spiro atoms. The van der Waals surface area contributed by atoms with Crippen LogP contribution < -0.4 is 20.7 Å². The summed E-state index contributed by atoms with van der Waals surface area (Å²) in [5.41, 5.74) is 1.78. The van der Waals surface area contributed by atoms with Crippen LogP contribution in [0.3, 0.4) is 0 Å². The van der Waals surface area contributed by atoms with Crippen LogP contribution in [0.2, 0.25) is 0 Å². The molecule has 0 aliphatic carbocycles. The van der Waals surface area contributed by atoms with Crippen LogP contribution in [0.25, 0.3) is 11.1 Å². The largest absolute Gasteiger partial charge is 0.493 e. The van der Waals surface area contributed by atoms with Crippen LogP contribution in [0, 0.1) is 0 Å². The molecule has 2 aromatic rings. The SMILES string of the molecule is CCNC(=O)N1C[C@@H]2C[C@H]1C(=O)NC[C@H]1O[C@H](CCOc3cc(-c4ccc(S(C)(=O)=O)cc4)ccc3C(=O)N2)CC[C@@H]1O. The van der Waals surface area contributed by atoms with E-state index in [1.54, 1.807) is 37.3 Å². The third kappa shape index (κ3) is 7.11. The molecule has 0 radical (unpaired) electrons. The van der Waals surface area contributed by atoms with Gasteiger partial charge >= 0.3 is 6.03 Å². The molecule has 3 heterocycles. The van der Waals surface area contributed by atoms with Crippen molar-refractivity contribution in [2.24, 2.45) is 0 Å². The molecule has 4 N–H and O–H groups in total. The van der Waals surface area contributed by atoms with Crippen molar-refractivity contribution in [1.29, 1.82) is 0 Å². The summed E-state index contributed by atoms with van der Waals surface area (Å²) in [5.74, 6) is -0.432. The predicted octanol–water partition coefficient (Wildman–Crippen LogP) is 1.47. The van der Waals surface area contributed by atoms with Crippen LogP contribution in [0.1, 0.15) is 43.0 Å². The molecule has 3 aliphatic heterocycles. The fourth-order valence-electron chi connectivity index (χ4n) is 5.80. The monoisotopic (exact) mass is 614 g/mol. The molecule has 232 valence electrons. The van der Waals surface area contributed by atoms with Crippen LogP contribution in [0.5, 0.6) is 5.75 Å². The lowest BCUT2D eigenvalue weighted by molar-refractivity contribution is -0.133. The lowest BCUT2D eigenvalue weighted by Crippen LogP contribution is -2.52. The number of amides is 4. The summed E-state index contributed by atoms with van der Waals surface area (Å²) in [6.07, 6.45) is 1.44. The molecule has 4 amide bonds. The first kappa shape index (κ1) is 30.8. The fourth-order valence-corrected chi connectivity index (χ4v) is 6.43. The lowest BCUT2D eigenvalue weighted by atomic mass is 9.99. The van der Waals surface area contributed by atoms with E-state index in [1.165, 1.54) is 17.0 Å². The summed E-state index contributed by atoms with van der Waals surface area (Å²) in [6, 6.07) is 9.93. The van der Waals surface area contributed by atoms with Gasteiger partial charge in [0.2, 0.25) is 5.91 Å². The summed E-state index contributed by atoms with van der Waals surface area (Å²) in [5, 5.41) is 19.1. The number of fused-ring (bicyclic) bond motifs is 5. The van der Waals surface area contributed by atoms with Crippen LogP contribution in [-0.4, -0.2) is 99.2 Å². The topological polar surface area (TPSA) is 163 Å². The van der Waals surface area contributed by atoms with Gasteiger partial charge in [-0.15, -0.1) is 0 Å². The molecule has 5 atom stereocenters. The average Bonchev–Trinajstić information content (AvgIpc) is 3.40. The van der Waals surface area contributed by atoms with Gasteiger partial charge in [0.05, 0.1) is 29.3 Å². The summed E-state index contributed by atoms with van der Waals surface area (Å²) >= 11 is 0. The first-order chi connectivity index (χ1) is 20.5. The molecule has 43 heavy (non-hydrogen) atoms. The number of aliphatic hydroxyl groups is 1. The van der Waals surface area contributed by atoms with E-state index < -0.39 is 46.1 Å². The molecular formula is C30H38N4O8S. The Bertz CT molecular complexity index is 1470. The molecule has 2 fully saturated rings. The molecular weight excluding hydrogens is 576 g/mol. The summed E-state index contributed by atoms with van der Waals surface area (Å²) in [7, 11) is -3.35. The highest BCUT2D eigenvalue weighted by atomic mass is 32.2. The van der Waals surface area contributed by atoms with E-state index in [0.717, 1.165) is 17.4 Å². The lowest BCUT2D eigenvalue weighted by Gasteiger charge is -2.34. The van der Waals surface area contributed by atoms with Gasteiger partial charge in [-0.05, 0) is 61.6 Å². The molecule has 0 aromatic heterocycles. The van der Waals surface area contributed by atoms with Crippen molar-refractivity contribution in [3.63, 3.8) is 0 Å². The second-order valence-corrected chi connectivity index (χ2v) is 13.3. The Morgan fingerprint density at radius 3 is 2.56 bits per heavy atom. The Morgan fingerprint density at radius 2 is 1.84 bits per heavy atom. The number of hydrogen-bond acceptors (Lipinski definition) is 8. The number of rotatable bonds is 3. The maximum absolute atomic E-state index is 13.6. The highest BCUT2D eigenvalue weighted by Crippen LogP contribution is 2.30. The third-order valence-electron chi connectivity index (χ3n) is 8.13. The minimum atomic E-state index is -3.35. The van der Waals surface area contributed by atoms with Crippen molar-refractivity contribution in [2.75, 3.05) is 32.5 Å². The number of sulfone groups is 1. The zero-order chi connectivity index (χ0) is 30.7. The van der Waals surface area contributed by atoms with Gasteiger partial charge in [0.15, 0.2) is 9.84 Å². The van der Waals surface area contributed by atoms with E-state index in [4.69, 9.17) is 9.47 Å². The van der Waals surface area contributed by atoms with Crippen molar-refractivity contribution >= 4 is 27.7 Å². The van der Waals surface area contributed by atoms with E-state index in [1.807, 2.05) is 0 Å². The van der Waals surface area contributed by atoms with E-state index in [2.05, 4.69) is 16.0 Å². The highest BCUT2D eigenvalue weighted by Gasteiger charge is 2.41. The minimum Gasteiger partial charge on any atom is -0.493 e. The maximum atomic E-state index is 13.6. The second kappa shape index (κ2) is 12.9. The van der Waals surface area contributed by atoms with Gasteiger partial charge in [-0.25, -0.2) is 13.2 Å². The van der Waals surface area contributed by atoms with Crippen LogP contribution in [0.15, 0.2) is 47.4 Å². The van der Waals surface area contributed by atoms with Crippen LogP contribution >= 0.6 is 0 Å². The predicted molar refractivity (Wildman–Crippen MR) is 157 cm³/mol. The van der Waals surface area contributed by atoms with Crippen molar-refractivity contribution in [3.05, 3.63) is 48.0 Å². The second-order valence-electron chi connectivity index (χ2n) is 11.2. The Hall–Kier alpha value is -3.68. The number of benzene rings is 2. The molecule has 2 aromatic carbocycles. The molecule has 4 bridgehead atoms. The van der Waals surface area contributed by atoms with Crippen LogP contribution in [0.4, 0.5) is 4.79 Å². The van der Waals surface area contributed by atoms with Crippen LogP contribution in [-0.2, 0) is 19.4 Å². The summed E-state index contributed by atoms with van der Waals surface area (Å²) in [4.78, 5) is 41.2. The summed E-state index contributed by atoms with van der Waals surface area (Å²) < 4.78 is 36.1. The van der Waals surface area contributed by atoms with Gasteiger partial charge in [0.1, 0.15) is 17.9 Å². The number of nitrogens with zero attached hydrogens (tertiary/aromatic N) is 1. The minimum absolute atomic E-state index is 0.0957. The van der Waals surface area contributed by atoms with E-state index in [0.29, 0.717) is 37.1 Å². The number of ether oxygens (including phenoxy) is 2. The Morgan fingerprint density at radius 1 is 1.09 bits per heavy atom. The molecule has 13 heteroatoms. The van der Waals surface area contributed by atoms with Gasteiger partial charge in [-0.3, -0.25) is 9.59 Å². The number of carbonyl (C=O) groups excluding carboxylic acids is 3. The summed E-state index contributed by atoms with van der Waals surface area (Å²) in [6.45, 7) is 2.65. The Balaban J connectivity index is 1.45. The first-order valence-electron chi connectivity index (χ1n) is 14.6. The van der Waals surface area contributed by atoms with E-state index in [-0.39, 0.29) is 43.0 Å².